The molecule has 0 heterocycles. The van der Waals surface area contributed by atoms with E-state index in [0.717, 1.165) is 10.0 Å². The summed E-state index contributed by atoms with van der Waals surface area (Å²) in [5.74, 6) is -0.514. The number of hydrogen-bond donors (Lipinski definition) is 1. The summed E-state index contributed by atoms with van der Waals surface area (Å²) in [6.07, 6.45) is 0.235. The average molecular weight is 342 g/mol. The Labute approximate surface area is 128 Å². The number of halogens is 1. The van der Waals surface area contributed by atoms with E-state index in [1.807, 2.05) is 24.3 Å². The van der Waals surface area contributed by atoms with Crippen LogP contribution in [-0.2, 0) is 20.9 Å². The van der Waals surface area contributed by atoms with Crippen LogP contribution in [-0.4, -0.2) is 17.5 Å². The van der Waals surface area contributed by atoms with E-state index in [9.17, 15) is 9.59 Å². The Morgan fingerprint density at radius 3 is 2.45 bits per heavy atom. The minimum atomic E-state index is -0.511. The Hall–Kier alpha value is -1.36. The van der Waals surface area contributed by atoms with Gasteiger partial charge in [0.2, 0.25) is 5.91 Å². The predicted octanol–water partition coefficient (Wildman–Crippen LogP) is 3.19. The number of esters is 1. The first kappa shape index (κ1) is 16.7. The molecule has 1 N–H and O–H groups in total. The first-order valence-corrected chi connectivity index (χ1v) is 7.29. The smallest absolute Gasteiger partial charge is 0.306 e. The molecule has 0 radical (unpaired) electrons. The molecule has 1 aromatic carbocycles. The topological polar surface area (TPSA) is 55.4 Å². The van der Waals surface area contributed by atoms with E-state index >= 15 is 0 Å². The first-order valence-electron chi connectivity index (χ1n) is 6.50. The van der Waals surface area contributed by atoms with Crippen molar-refractivity contribution in [3.05, 3.63) is 34.3 Å². The van der Waals surface area contributed by atoms with Gasteiger partial charge < -0.3 is 10.1 Å². The van der Waals surface area contributed by atoms with Crippen molar-refractivity contribution < 1.29 is 14.3 Å². The molecule has 0 bridgehead atoms. The highest BCUT2D eigenvalue weighted by Gasteiger charge is 2.17. The zero-order chi connectivity index (χ0) is 15.2. The van der Waals surface area contributed by atoms with Crippen LogP contribution in [0.4, 0.5) is 0 Å². The summed E-state index contributed by atoms with van der Waals surface area (Å²) >= 11 is 3.42. The van der Waals surface area contributed by atoms with Gasteiger partial charge in [0.05, 0.1) is 6.42 Å². The van der Waals surface area contributed by atoms with Gasteiger partial charge in [-0.2, -0.15) is 0 Å². The lowest BCUT2D eigenvalue weighted by atomic mass is 10.2. The number of hydrogen-bond acceptors (Lipinski definition) is 3. The van der Waals surface area contributed by atoms with Gasteiger partial charge in [0.15, 0.2) is 0 Å². The highest BCUT2D eigenvalue weighted by molar-refractivity contribution is 9.10. The molecule has 1 aromatic rings. The lowest BCUT2D eigenvalue weighted by Gasteiger charge is -2.19. The van der Waals surface area contributed by atoms with Crippen molar-refractivity contribution in [2.24, 2.45) is 0 Å². The molecule has 0 aliphatic rings. The SMILES string of the molecule is CC(C)(C)OC(=O)CCC(=O)NCc1ccccc1Br. The van der Waals surface area contributed by atoms with Crippen LogP contribution in [0.1, 0.15) is 39.2 Å². The van der Waals surface area contributed by atoms with Crippen LogP contribution in [0, 0.1) is 0 Å². The van der Waals surface area contributed by atoms with E-state index in [0.29, 0.717) is 6.54 Å². The highest BCUT2D eigenvalue weighted by Crippen LogP contribution is 2.15. The van der Waals surface area contributed by atoms with Crippen LogP contribution in [0.3, 0.4) is 0 Å². The lowest BCUT2D eigenvalue weighted by Crippen LogP contribution is -2.27. The number of carbonyl (C=O) groups excluding carboxylic acids is 2. The molecule has 0 unspecified atom stereocenters. The summed E-state index contributed by atoms with van der Waals surface area (Å²) in [5, 5.41) is 2.78. The first-order chi connectivity index (χ1) is 9.28. The summed E-state index contributed by atoms with van der Waals surface area (Å²) < 4.78 is 6.09. The Morgan fingerprint density at radius 2 is 1.85 bits per heavy atom. The van der Waals surface area contributed by atoms with E-state index in [-0.39, 0.29) is 24.7 Å². The molecule has 0 fully saturated rings. The number of nitrogens with one attached hydrogen (secondary N) is 1. The minimum absolute atomic E-state index is 0.0963. The Morgan fingerprint density at radius 1 is 1.20 bits per heavy atom. The van der Waals surface area contributed by atoms with E-state index in [1.54, 1.807) is 20.8 Å². The second kappa shape index (κ2) is 7.43. The van der Waals surface area contributed by atoms with Gasteiger partial charge >= 0.3 is 5.97 Å². The van der Waals surface area contributed by atoms with Crippen LogP contribution >= 0.6 is 15.9 Å². The standard InChI is InChI=1S/C15H20BrNO3/c1-15(2,3)20-14(19)9-8-13(18)17-10-11-6-4-5-7-12(11)16/h4-7H,8-10H2,1-3H3,(H,17,18). The Kier molecular flexibility index (Phi) is 6.20. The highest BCUT2D eigenvalue weighted by atomic mass is 79.9. The van der Waals surface area contributed by atoms with Gasteiger partial charge in [0.25, 0.3) is 0 Å². The molecule has 1 rings (SSSR count). The fourth-order valence-corrected chi connectivity index (χ4v) is 1.96. The van der Waals surface area contributed by atoms with Crippen LogP contribution < -0.4 is 5.32 Å². The Bertz CT molecular complexity index is 480. The maximum absolute atomic E-state index is 11.7. The Balaban J connectivity index is 2.31. The van der Waals surface area contributed by atoms with Gasteiger partial charge in [-0.25, -0.2) is 0 Å². The maximum Gasteiger partial charge on any atom is 0.306 e. The van der Waals surface area contributed by atoms with E-state index < -0.39 is 5.60 Å². The molecule has 4 nitrogen and oxygen atoms in total. The molecular weight excluding hydrogens is 322 g/mol. The second-order valence-electron chi connectivity index (χ2n) is 5.45. The molecule has 0 aliphatic heterocycles. The molecule has 0 saturated carbocycles. The zero-order valence-electron chi connectivity index (χ0n) is 12.0. The van der Waals surface area contributed by atoms with Crippen molar-refractivity contribution in [3.8, 4) is 0 Å². The molecule has 20 heavy (non-hydrogen) atoms. The summed E-state index contributed by atoms with van der Waals surface area (Å²) in [7, 11) is 0. The number of rotatable bonds is 5. The van der Waals surface area contributed by atoms with Crippen molar-refractivity contribution in [1.29, 1.82) is 0 Å². The molecule has 0 atom stereocenters. The fourth-order valence-electron chi connectivity index (χ4n) is 1.53. The number of carbonyl (C=O) groups is 2. The molecule has 0 spiro atoms. The fraction of sp³-hybridized carbons (Fsp3) is 0.467. The number of ether oxygens (including phenoxy) is 1. The molecule has 1 amide bonds. The summed E-state index contributed by atoms with van der Waals surface area (Å²) in [6.45, 7) is 5.85. The zero-order valence-corrected chi connectivity index (χ0v) is 13.6. The average Bonchev–Trinajstić information content (AvgIpc) is 2.33. The summed E-state index contributed by atoms with van der Waals surface area (Å²) in [4.78, 5) is 23.1. The summed E-state index contributed by atoms with van der Waals surface area (Å²) in [6, 6.07) is 7.67. The molecule has 0 saturated heterocycles. The summed E-state index contributed by atoms with van der Waals surface area (Å²) in [5.41, 5.74) is 0.487. The molecule has 0 aromatic heterocycles. The monoisotopic (exact) mass is 341 g/mol. The molecule has 5 heteroatoms. The minimum Gasteiger partial charge on any atom is -0.460 e. The quantitative estimate of drug-likeness (QED) is 0.836. The van der Waals surface area contributed by atoms with E-state index in [2.05, 4.69) is 21.2 Å². The van der Waals surface area contributed by atoms with Crippen molar-refractivity contribution in [2.75, 3.05) is 0 Å². The van der Waals surface area contributed by atoms with Crippen LogP contribution in [0.5, 0.6) is 0 Å². The van der Waals surface area contributed by atoms with Crippen molar-refractivity contribution in [1.82, 2.24) is 5.32 Å². The van der Waals surface area contributed by atoms with Crippen molar-refractivity contribution in [2.45, 2.75) is 45.8 Å². The van der Waals surface area contributed by atoms with Gasteiger partial charge in [-0.1, -0.05) is 34.1 Å². The van der Waals surface area contributed by atoms with Gasteiger partial charge in [0.1, 0.15) is 5.60 Å². The van der Waals surface area contributed by atoms with Gasteiger partial charge in [-0.3, -0.25) is 9.59 Å². The van der Waals surface area contributed by atoms with Crippen molar-refractivity contribution >= 4 is 27.8 Å². The van der Waals surface area contributed by atoms with Crippen LogP contribution in [0.15, 0.2) is 28.7 Å². The number of benzene rings is 1. The van der Waals surface area contributed by atoms with E-state index in [4.69, 9.17) is 4.74 Å². The lowest BCUT2D eigenvalue weighted by molar-refractivity contribution is -0.155. The van der Waals surface area contributed by atoms with Crippen molar-refractivity contribution in [3.63, 3.8) is 0 Å². The number of amides is 1. The predicted molar refractivity (Wildman–Crippen MR) is 81.1 cm³/mol. The third-order valence-electron chi connectivity index (χ3n) is 2.41. The van der Waals surface area contributed by atoms with Gasteiger partial charge in [0, 0.05) is 17.4 Å². The van der Waals surface area contributed by atoms with Crippen LogP contribution in [0.2, 0.25) is 0 Å². The van der Waals surface area contributed by atoms with E-state index in [1.165, 1.54) is 0 Å². The molecular formula is C15H20BrNO3. The third kappa shape index (κ3) is 6.70. The maximum atomic E-state index is 11.7. The van der Waals surface area contributed by atoms with Gasteiger partial charge in [-0.05, 0) is 32.4 Å². The molecule has 0 aliphatic carbocycles. The largest absolute Gasteiger partial charge is 0.460 e. The van der Waals surface area contributed by atoms with Gasteiger partial charge in [-0.15, -0.1) is 0 Å². The third-order valence-corrected chi connectivity index (χ3v) is 3.18. The molecule has 110 valence electrons. The second-order valence-corrected chi connectivity index (χ2v) is 6.31. The normalized spacial score (nSPS) is 11.0. The van der Waals surface area contributed by atoms with Crippen LogP contribution in [0.25, 0.3) is 0 Å².